The van der Waals surface area contributed by atoms with E-state index in [1.165, 1.54) is 0 Å². The van der Waals surface area contributed by atoms with Gasteiger partial charge in [-0.25, -0.2) is 4.79 Å². The molecule has 1 aliphatic heterocycles. The highest BCUT2D eigenvalue weighted by atomic mass is 16.5. The summed E-state index contributed by atoms with van der Waals surface area (Å²) < 4.78 is 11.3. The zero-order valence-electron chi connectivity index (χ0n) is 12.4. The molecule has 0 spiro atoms. The molecule has 0 radical (unpaired) electrons. The summed E-state index contributed by atoms with van der Waals surface area (Å²) >= 11 is 0. The molecule has 1 unspecified atom stereocenters. The molecule has 0 saturated heterocycles. The number of fused-ring (bicyclic) bond motifs is 3. The Balaban J connectivity index is 2.08. The number of hydrogen-bond acceptors (Lipinski definition) is 5. The van der Waals surface area contributed by atoms with Gasteiger partial charge in [0.2, 0.25) is 5.41 Å². The lowest BCUT2D eigenvalue weighted by molar-refractivity contribution is 0.205. The summed E-state index contributed by atoms with van der Waals surface area (Å²) in [7, 11) is 0. The van der Waals surface area contributed by atoms with Gasteiger partial charge in [-0.3, -0.25) is 0 Å². The van der Waals surface area contributed by atoms with Crippen LogP contribution in [0.5, 0.6) is 5.75 Å². The molecule has 24 heavy (non-hydrogen) atoms. The Kier molecular flexibility index (Phi) is 2.91. The largest absolute Gasteiger partial charge is 0.481 e. The van der Waals surface area contributed by atoms with Crippen molar-refractivity contribution in [1.29, 1.82) is 10.5 Å². The summed E-state index contributed by atoms with van der Waals surface area (Å²) in [5.41, 5.74) is -1.48. The Hall–Kier alpha value is -3.57. The Labute approximate surface area is 136 Å². The van der Waals surface area contributed by atoms with E-state index in [1.54, 1.807) is 48.5 Å². The minimum Gasteiger partial charge on any atom is -0.481 e. The van der Waals surface area contributed by atoms with Crippen LogP contribution in [0.1, 0.15) is 17.2 Å². The van der Waals surface area contributed by atoms with E-state index in [2.05, 4.69) is 0 Å². The van der Waals surface area contributed by atoms with Gasteiger partial charge in [0.1, 0.15) is 16.9 Å². The molecule has 3 aromatic rings. The molecule has 2 aromatic carbocycles. The van der Waals surface area contributed by atoms with Gasteiger partial charge in [0, 0.05) is 0 Å². The van der Waals surface area contributed by atoms with E-state index in [-0.39, 0.29) is 11.3 Å². The van der Waals surface area contributed by atoms with Crippen LogP contribution in [0.2, 0.25) is 0 Å². The average Bonchev–Trinajstić information content (AvgIpc) is 2.99. The fourth-order valence-electron chi connectivity index (χ4n) is 3.12. The number of hydrogen-bond donors (Lipinski definition) is 0. The van der Waals surface area contributed by atoms with Crippen LogP contribution >= 0.6 is 0 Å². The van der Waals surface area contributed by atoms with Gasteiger partial charge in [-0.1, -0.05) is 42.5 Å². The highest BCUT2D eigenvalue weighted by molar-refractivity contribution is 5.86. The van der Waals surface area contributed by atoms with Crippen molar-refractivity contribution in [3.05, 3.63) is 76.1 Å². The van der Waals surface area contributed by atoms with E-state index >= 15 is 0 Å². The summed E-state index contributed by atoms with van der Waals surface area (Å²) in [6, 6.07) is 19.8. The lowest BCUT2D eigenvalue weighted by atomic mass is 9.77. The quantitative estimate of drug-likeness (QED) is 0.644. The van der Waals surface area contributed by atoms with E-state index in [0.29, 0.717) is 16.5 Å². The molecule has 0 N–H and O–H groups in total. The summed E-state index contributed by atoms with van der Waals surface area (Å²) in [5.74, 6) is 0.249. The molecule has 5 heteroatoms. The van der Waals surface area contributed by atoms with E-state index in [1.807, 2.05) is 18.2 Å². The number of para-hydroxylation sites is 1. The summed E-state index contributed by atoms with van der Waals surface area (Å²) in [6.45, 7) is 0. The van der Waals surface area contributed by atoms with Gasteiger partial charge in [0.05, 0.1) is 17.5 Å². The molecule has 5 nitrogen and oxygen atoms in total. The molecule has 0 fully saturated rings. The molecular weight excluding hydrogens is 304 g/mol. The molecule has 0 saturated carbocycles. The van der Waals surface area contributed by atoms with Crippen LogP contribution < -0.4 is 10.4 Å². The van der Waals surface area contributed by atoms with E-state index in [9.17, 15) is 15.3 Å². The first-order valence-electron chi connectivity index (χ1n) is 7.31. The Morgan fingerprint density at radius 3 is 2.33 bits per heavy atom. The fourth-order valence-corrected chi connectivity index (χ4v) is 3.12. The van der Waals surface area contributed by atoms with E-state index in [4.69, 9.17) is 9.15 Å². The van der Waals surface area contributed by atoms with Crippen LogP contribution in [0.15, 0.2) is 63.8 Å². The summed E-state index contributed by atoms with van der Waals surface area (Å²) in [6.07, 6.45) is -0.891. The normalized spacial score (nSPS) is 17.5. The molecule has 4 rings (SSSR count). The van der Waals surface area contributed by atoms with Crippen molar-refractivity contribution in [2.75, 3.05) is 0 Å². The minimum absolute atomic E-state index is 0.0277. The molecular formula is C19H10N2O3. The van der Waals surface area contributed by atoms with Crippen molar-refractivity contribution in [1.82, 2.24) is 0 Å². The molecule has 0 amide bonds. The topological polar surface area (TPSA) is 87.0 Å². The van der Waals surface area contributed by atoms with Crippen LogP contribution in [-0.4, -0.2) is 0 Å². The summed E-state index contributed by atoms with van der Waals surface area (Å²) in [4.78, 5) is 12.5. The number of nitriles is 2. The lowest BCUT2D eigenvalue weighted by Crippen LogP contribution is -2.32. The maximum atomic E-state index is 12.5. The minimum atomic E-state index is -1.75. The second-order valence-corrected chi connectivity index (χ2v) is 5.53. The van der Waals surface area contributed by atoms with Crippen molar-refractivity contribution in [3.63, 3.8) is 0 Å². The van der Waals surface area contributed by atoms with Gasteiger partial charge >= 0.3 is 5.63 Å². The fraction of sp³-hybridized carbons (Fsp3) is 0.105. The smallest absolute Gasteiger partial charge is 0.346 e. The SMILES string of the molecule is N#CC1(C#N)c2c(c3ccccc3oc2=O)OC1c1ccccc1. The molecule has 0 aliphatic carbocycles. The van der Waals surface area contributed by atoms with Crippen molar-refractivity contribution < 1.29 is 9.15 Å². The first-order chi connectivity index (χ1) is 11.7. The second-order valence-electron chi connectivity index (χ2n) is 5.53. The highest BCUT2D eigenvalue weighted by Gasteiger charge is 2.54. The van der Waals surface area contributed by atoms with E-state index < -0.39 is 17.1 Å². The molecule has 2 heterocycles. The molecule has 1 aromatic heterocycles. The van der Waals surface area contributed by atoms with Gasteiger partial charge in [-0.15, -0.1) is 0 Å². The number of nitrogens with zero attached hydrogens (tertiary/aromatic N) is 2. The first-order valence-corrected chi connectivity index (χ1v) is 7.31. The van der Waals surface area contributed by atoms with Gasteiger partial charge < -0.3 is 9.15 Å². The zero-order chi connectivity index (χ0) is 16.7. The Morgan fingerprint density at radius 1 is 0.958 bits per heavy atom. The average molecular weight is 314 g/mol. The Bertz CT molecular complexity index is 1070. The van der Waals surface area contributed by atoms with Crippen LogP contribution in [0.4, 0.5) is 0 Å². The monoisotopic (exact) mass is 314 g/mol. The van der Waals surface area contributed by atoms with Crippen molar-refractivity contribution >= 4 is 11.0 Å². The van der Waals surface area contributed by atoms with Crippen LogP contribution in [0, 0.1) is 22.7 Å². The van der Waals surface area contributed by atoms with Crippen molar-refractivity contribution in [3.8, 4) is 17.9 Å². The lowest BCUT2D eigenvalue weighted by Gasteiger charge is -2.19. The number of ether oxygens (including phenoxy) is 1. The predicted molar refractivity (Wildman–Crippen MR) is 85.2 cm³/mol. The van der Waals surface area contributed by atoms with E-state index in [0.717, 1.165) is 0 Å². The van der Waals surface area contributed by atoms with Gasteiger partial charge in [-0.05, 0) is 17.7 Å². The van der Waals surface area contributed by atoms with Gasteiger partial charge in [0.25, 0.3) is 0 Å². The van der Waals surface area contributed by atoms with Crippen LogP contribution in [0.25, 0.3) is 11.0 Å². The van der Waals surface area contributed by atoms with Crippen LogP contribution in [-0.2, 0) is 5.41 Å². The maximum Gasteiger partial charge on any atom is 0.346 e. The number of benzene rings is 2. The van der Waals surface area contributed by atoms with Gasteiger partial charge in [-0.2, -0.15) is 10.5 Å². The van der Waals surface area contributed by atoms with Crippen LogP contribution in [0.3, 0.4) is 0 Å². The molecule has 114 valence electrons. The zero-order valence-corrected chi connectivity index (χ0v) is 12.4. The molecule has 0 bridgehead atoms. The standard InChI is InChI=1S/C19H10N2O3/c20-10-19(11-21)15-16(24-17(19)12-6-2-1-3-7-12)13-8-4-5-9-14(13)23-18(15)22/h1-9,17H. The number of rotatable bonds is 1. The third kappa shape index (κ3) is 1.70. The molecule has 1 atom stereocenters. The first kappa shape index (κ1) is 14.0. The highest BCUT2D eigenvalue weighted by Crippen LogP contribution is 2.50. The third-order valence-electron chi connectivity index (χ3n) is 4.24. The third-order valence-corrected chi connectivity index (χ3v) is 4.24. The summed E-state index contributed by atoms with van der Waals surface area (Å²) in [5, 5.41) is 20.1. The van der Waals surface area contributed by atoms with Gasteiger partial charge in [0.15, 0.2) is 6.10 Å². The maximum absolute atomic E-state index is 12.5. The second kappa shape index (κ2) is 4.97. The predicted octanol–water partition coefficient (Wildman–Crippen LogP) is 3.21. The van der Waals surface area contributed by atoms with Crippen molar-refractivity contribution in [2.45, 2.75) is 11.5 Å². The molecule has 1 aliphatic rings. The Morgan fingerprint density at radius 2 is 1.62 bits per heavy atom. The van der Waals surface area contributed by atoms with Crippen molar-refractivity contribution in [2.24, 2.45) is 0 Å².